The van der Waals surface area contributed by atoms with Gasteiger partial charge in [0.15, 0.2) is 0 Å². The van der Waals surface area contributed by atoms with Gasteiger partial charge in [0, 0.05) is 45.5 Å². The van der Waals surface area contributed by atoms with Crippen LogP contribution in [0.3, 0.4) is 0 Å². The van der Waals surface area contributed by atoms with Crippen LogP contribution in [0.25, 0.3) is 11.1 Å². The summed E-state index contributed by atoms with van der Waals surface area (Å²) in [6, 6.07) is 16.3. The molecule has 3 aromatic rings. The Morgan fingerprint density at radius 2 is 1.90 bits per heavy atom. The maximum Gasteiger partial charge on any atom is 0.257 e. The Labute approximate surface area is 170 Å². The third-order valence-electron chi connectivity index (χ3n) is 5.91. The second kappa shape index (κ2) is 7.04. The van der Waals surface area contributed by atoms with Crippen molar-refractivity contribution in [3.8, 4) is 16.9 Å². The van der Waals surface area contributed by atoms with Crippen molar-refractivity contribution in [2.45, 2.75) is 18.7 Å². The molecule has 29 heavy (non-hydrogen) atoms. The van der Waals surface area contributed by atoms with E-state index >= 15 is 0 Å². The standard InChI is InChI=1S/C23H24N4O2/c1-25-13-18(11-24-25)17-8-9-19-21(10-17)29-22-15-27(12-16-6-4-3-5-7-16)14-20(22)26(2)23(19)28/h3-11,13,20,22H,12,14-15H2,1-2H3. The molecule has 6 heteroatoms. The molecule has 2 unspecified atom stereocenters. The summed E-state index contributed by atoms with van der Waals surface area (Å²) in [5, 5.41) is 4.25. The van der Waals surface area contributed by atoms with Crippen LogP contribution in [0.4, 0.5) is 0 Å². The van der Waals surface area contributed by atoms with E-state index in [-0.39, 0.29) is 18.1 Å². The van der Waals surface area contributed by atoms with Crippen LogP contribution in [0, 0.1) is 0 Å². The van der Waals surface area contributed by atoms with Crippen molar-refractivity contribution in [3.63, 3.8) is 0 Å². The van der Waals surface area contributed by atoms with Crippen LogP contribution in [-0.4, -0.2) is 57.8 Å². The predicted molar refractivity (Wildman–Crippen MR) is 111 cm³/mol. The first-order valence-electron chi connectivity index (χ1n) is 9.91. The molecule has 1 aromatic heterocycles. The zero-order valence-corrected chi connectivity index (χ0v) is 16.7. The highest BCUT2D eigenvalue weighted by Crippen LogP contribution is 2.34. The average molecular weight is 388 g/mol. The number of likely N-dealkylation sites (N-methyl/N-ethyl adjacent to an activating group) is 1. The van der Waals surface area contributed by atoms with Crippen LogP contribution < -0.4 is 4.74 Å². The first-order valence-corrected chi connectivity index (χ1v) is 9.91. The number of likely N-dealkylation sites (tertiary alicyclic amines) is 1. The fraction of sp³-hybridized carbons (Fsp3) is 0.304. The van der Waals surface area contributed by atoms with Crippen LogP contribution in [0.5, 0.6) is 5.75 Å². The fourth-order valence-corrected chi connectivity index (χ4v) is 4.34. The zero-order valence-electron chi connectivity index (χ0n) is 16.7. The number of ether oxygens (including phenoxy) is 1. The summed E-state index contributed by atoms with van der Waals surface area (Å²) in [4.78, 5) is 17.3. The SMILES string of the molecule is CN1C(=O)c2ccc(-c3cnn(C)c3)cc2OC2CN(Cc3ccccc3)CC21. The maximum atomic E-state index is 13.1. The van der Waals surface area contributed by atoms with Crippen molar-refractivity contribution < 1.29 is 9.53 Å². The van der Waals surface area contributed by atoms with Gasteiger partial charge in [-0.25, -0.2) is 0 Å². The van der Waals surface area contributed by atoms with Crippen LogP contribution in [0.15, 0.2) is 60.9 Å². The molecule has 2 aromatic carbocycles. The molecule has 0 spiro atoms. The number of carbonyl (C=O) groups is 1. The van der Waals surface area contributed by atoms with Crippen molar-refractivity contribution in [2.75, 3.05) is 20.1 Å². The van der Waals surface area contributed by atoms with Gasteiger partial charge < -0.3 is 9.64 Å². The van der Waals surface area contributed by atoms with E-state index in [2.05, 4.69) is 34.3 Å². The van der Waals surface area contributed by atoms with E-state index < -0.39 is 0 Å². The molecule has 2 aliphatic heterocycles. The Kier molecular flexibility index (Phi) is 4.36. The molecular weight excluding hydrogens is 364 g/mol. The second-order valence-corrected chi connectivity index (χ2v) is 7.93. The molecule has 1 fully saturated rings. The van der Waals surface area contributed by atoms with E-state index in [4.69, 9.17) is 4.74 Å². The number of aromatic nitrogens is 2. The molecule has 0 bridgehead atoms. The molecule has 0 radical (unpaired) electrons. The quantitative estimate of drug-likeness (QED) is 0.692. The summed E-state index contributed by atoms with van der Waals surface area (Å²) in [6.07, 6.45) is 3.75. The Hall–Kier alpha value is -3.12. The van der Waals surface area contributed by atoms with Gasteiger partial charge in [0.25, 0.3) is 5.91 Å². The Balaban J connectivity index is 1.43. The minimum absolute atomic E-state index is 0.0202. The Bertz CT molecular complexity index is 1050. The van der Waals surface area contributed by atoms with E-state index in [0.29, 0.717) is 11.3 Å². The van der Waals surface area contributed by atoms with Gasteiger partial charge in [0.05, 0.1) is 17.8 Å². The van der Waals surface area contributed by atoms with E-state index in [1.165, 1.54) is 5.56 Å². The Morgan fingerprint density at radius 3 is 2.66 bits per heavy atom. The smallest absolute Gasteiger partial charge is 0.257 e. The van der Waals surface area contributed by atoms with E-state index in [9.17, 15) is 4.79 Å². The maximum absolute atomic E-state index is 13.1. The number of nitrogens with zero attached hydrogens (tertiary/aromatic N) is 4. The highest BCUT2D eigenvalue weighted by atomic mass is 16.5. The number of hydrogen-bond donors (Lipinski definition) is 0. The number of rotatable bonds is 3. The molecule has 0 aliphatic carbocycles. The van der Waals surface area contributed by atoms with E-state index in [0.717, 1.165) is 30.8 Å². The molecule has 2 aliphatic rings. The van der Waals surface area contributed by atoms with Gasteiger partial charge in [0.2, 0.25) is 0 Å². The number of fused-ring (bicyclic) bond motifs is 2. The van der Waals surface area contributed by atoms with Crippen LogP contribution in [0.2, 0.25) is 0 Å². The van der Waals surface area contributed by atoms with Gasteiger partial charge >= 0.3 is 0 Å². The largest absolute Gasteiger partial charge is 0.486 e. The molecule has 6 nitrogen and oxygen atoms in total. The molecule has 2 atom stereocenters. The van der Waals surface area contributed by atoms with Gasteiger partial charge in [-0.15, -0.1) is 0 Å². The van der Waals surface area contributed by atoms with Crippen LogP contribution >= 0.6 is 0 Å². The van der Waals surface area contributed by atoms with E-state index in [1.807, 2.05) is 55.7 Å². The molecule has 3 heterocycles. The highest BCUT2D eigenvalue weighted by Gasteiger charge is 2.42. The van der Waals surface area contributed by atoms with Gasteiger partial charge in [-0.05, 0) is 23.3 Å². The lowest BCUT2D eigenvalue weighted by molar-refractivity contribution is 0.0682. The van der Waals surface area contributed by atoms with Gasteiger partial charge in [0.1, 0.15) is 11.9 Å². The molecule has 5 rings (SSSR count). The monoisotopic (exact) mass is 388 g/mol. The van der Waals surface area contributed by atoms with Crippen LogP contribution in [-0.2, 0) is 13.6 Å². The van der Waals surface area contributed by atoms with Crippen LogP contribution in [0.1, 0.15) is 15.9 Å². The van der Waals surface area contributed by atoms with Crippen molar-refractivity contribution in [2.24, 2.45) is 7.05 Å². The minimum atomic E-state index is -0.0435. The second-order valence-electron chi connectivity index (χ2n) is 7.93. The summed E-state index contributed by atoms with van der Waals surface area (Å²) in [5.41, 5.74) is 3.92. The minimum Gasteiger partial charge on any atom is -0.486 e. The van der Waals surface area contributed by atoms with E-state index in [1.54, 1.807) is 4.68 Å². The summed E-state index contributed by atoms with van der Waals surface area (Å²) in [5.74, 6) is 0.684. The van der Waals surface area contributed by atoms with Gasteiger partial charge in [-0.1, -0.05) is 36.4 Å². The first kappa shape index (κ1) is 17.9. The normalized spacial score (nSPS) is 21.4. The topological polar surface area (TPSA) is 50.6 Å². The molecule has 0 saturated carbocycles. The van der Waals surface area contributed by atoms with Crippen molar-refractivity contribution in [1.82, 2.24) is 19.6 Å². The first-order chi connectivity index (χ1) is 14.1. The third-order valence-corrected chi connectivity index (χ3v) is 5.91. The lowest BCUT2D eigenvalue weighted by Gasteiger charge is -2.25. The molecule has 0 N–H and O–H groups in total. The van der Waals surface area contributed by atoms with Crippen molar-refractivity contribution >= 4 is 5.91 Å². The zero-order chi connectivity index (χ0) is 20.0. The van der Waals surface area contributed by atoms with Gasteiger partial charge in [-0.3, -0.25) is 14.4 Å². The predicted octanol–water partition coefficient (Wildman–Crippen LogP) is 2.80. The molecular formula is C23H24N4O2. The summed E-state index contributed by atoms with van der Waals surface area (Å²) < 4.78 is 8.20. The summed E-state index contributed by atoms with van der Waals surface area (Å²) in [6.45, 7) is 2.47. The molecule has 1 amide bonds. The summed E-state index contributed by atoms with van der Waals surface area (Å²) >= 11 is 0. The van der Waals surface area contributed by atoms with Gasteiger partial charge in [-0.2, -0.15) is 5.10 Å². The third kappa shape index (κ3) is 3.29. The molecule has 148 valence electrons. The number of aryl methyl sites for hydroxylation is 1. The average Bonchev–Trinajstić information content (AvgIpc) is 3.31. The van der Waals surface area contributed by atoms with Crippen molar-refractivity contribution in [1.29, 1.82) is 0 Å². The number of carbonyl (C=O) groups excluding carboxylic acids is 1. The lowest BCUT2D eigenvalue weighted by Crippen LogP contribution is -2.44. The number of hydrogen-bond acceptors (Lipinski definition) is 4. The molecule has 1 saturated heterocycles. The fourth-order valence-electron chi connectivity index (χ4n) is 4.34. The summed E-state index contributed by atoms with van der Waals surface area (Å²) in [7, 11) is 3.78. The highest BCUT2D eigenvalue weighted by molar-refractivity contribution is 5.98. The number of benzene rings is 2. The van der Waals surface area contributed by atoms with Crippen molar-refractivity contribution in [3.05, 3.63) is 72.1 Å². The number of amides is 1. The Morgan fingerprint density at radius 1 is 1.07 bits per heavy atom. The lowest BCUT2D eigenvalue weighted by atomic mass is 10.1.